The van der Waals surface area contributed by atoms with Gasteiger partial charge in [0, 0.05) is 36.0 Å². The van der Waals surface area contributed by atoms with Gasteiger partial charge in [-0.15, -0.1) is 23.5 Å². The van der Waals surface area contributed by atoms with E-state index in [1.54, 1.807) is 0 Å². The predicted molar refractivity (Wildman–Crippen MR) is 150 cm³/mol. The highest BCUT2D eigenvalue weighted by Gasteiger charge is 2.20. The summed E-state index contributed by atoms with van der Waals surface area (Å²) in [6, 6.07) is 17.6. The molecule has 2 heterocycles. The van der Waals surface area contributed by atoms with Crippen LogP contribution >= 0.6 is 23.5 Å². The van der Waals surface area contributed by atoms with E-state index in [1.807, 2.05) is 23.5 Å². The number of aryl methyl sites for hydroxylation is 2. The van der Waals surface area contributed by atoms with Gasteiger partial charge < -0.3 is 14.7 Å². The van der Waals surface area contributed by atoms with E-state index in [2.05, 4.69) is 105 Å². The Bertz CT molecular complexity index is 733. The molecule has 1 unspecified atom stereocenters. The van der Waals surface area contributed by atoms with Crippen LogP contribution in [0.25, 0.3) is 0 Å². The first kappa shape index (κ1) is 26.9. The molecule has 1 atom stereocenters. The third-order valence-corrected chi connectivity index (χ3v) is 8.11. The number of hydrogen-bond donors (Lipinski definition) is 0. The van der Waals surface area contributed by atoms with Crippen molar-refractivity contribution in [3.63, 3.8) is 0 Å². The van der Waals surface area contributed by atoms with Crippen LogP contribution in [-0.4, -0.2) is 60.4 Å². The van der Waals surface area contributed by atoms with Gasteiger partial charge in [-0.1, -0.05) is 56.2 Å². The van der Waals surface area contributed by atoms with Crippen LogP contribution in [0.1, 0.15) is 38.8 Å². The van der Waals surface area contributed by atoms with Gasteiger partial charge in [0.25, 0.3) is 0 Å². The summed E-state index contributed by atoms with van der Waals surface area (Å²) in [5.41, 5.74) is 5.41. The van der Waals surface area contributed by atoms with Gasteiger partial charge >= 0.3 is 0 Å². The second kappa shape index (κ2) is 14.8. The Morgan fingerprint density at radius 2 is 1.31 bits per heavy atom. The minimum absolute atomic E-state index is 0.641. The lowest BCUT2D eigenvalue weighted by Crippen LogP contribution is -2.25. The average molecular weight is 474 g/mol. The van der Waals surface area contributed by atoms with E-state index in [4.69, 9.17) is 0 Å². The topological polar surface area (TPSA) is 9.72 Å². The van der Waals surface area contributed by atoms with E-state index in [0.29, 0.717) is 5.37 Å². The largest absolute Gasteiger partial charge is 0.361 e. The second-order valence-corrected chi connectivity index (χ2v) is 10.8. The SMILES string of the molecule is CCN(CC)CC.Cc1ccc(N2CCSC2)cc1.Cc1ccc(N2CCSC2C)cc1. The molecule has 2 aromatic rings. The van der Waals surface area contributed by atoms with Crippen molar-refractivity contribution in [3.05, 3.63) is 59.7 Å². The van der Waals surface area contributed by atoms with Crippen LogP contribution in [0.2, 0.25) is 0 Å². The van der Waals surface area contributed by atoms with Crippen molar-refractivity contribution >= 4 is 34.9 Å². The van der Waals surface area contributed by atoms with Gasteiger partial charge in [0.15, 0.2) is 0 Å². The zero-order chi connectivity index (χ0) is 23.3. The number of hydrogen-bond acceptors (Lipinski definition) is 5. The molecule has 0 radical (unpaired) electrons. The predicted octanol–water partition coefficient (Wildman–Crippen LogP) is 6.75. The van der Waals surface area contributed by atoms with Crippen molar-refractivity contribution in [2.24, 2.45) is 0 Å². The normalized spacial score (nSPS) is 17.7. The average Bonchev–Trinajstić information content (AvgIpc) is 3.49. The Labute approximate surface area is 205 Å². The van der Waals surface area contributed by atoms with Crippen LogP contribution in [0.4, 0.5) is 11.4 Å². The summed E-state index contributed by atoms with van der Waals surface area (Å²) in [5, 5.41) is 0.641. The second-order valence-electron chi connectivity index (χ2n) is 8.25. The Morgan fingerprint density at radius 3 is 1.69 bits per heavy atom. The Kier molecular flexibility index (Phi) is 12.4. The molecule has 0 bridgehead atoms. The van der Waals surface area contributed by atoms with Crippen LogP contribution in [0.3, 0.4) is 0 Å². The fourth-order valence-corrected chi connectivity index (χ4v) is 5.74. The third kappa shape index (κ3) is 8.92. The zero-order valence-electron chi connectivity index (χ0n) is 21.0. The highest BCUT2D eigenvalue weighted by Crippen LogP contribution is 2.29. The van der Waals surface area contributed by atoms with Crippen molar-refractivity contribution in [1.29, 1.82) is 0 Å². The maximum Gasteiger partial charge on any atom is 0.0723 e. The van der Waals surface area contributed by atoms with Crippen molar-refractivity contribution in [2.75, 3.05) is 59.9 Å². The standard InChI is InChI=1S/C11H15NS.C10H13NS.C6H15N/c1-9-3-5-11(6-4-9)12-7-8-13-10(12)2;1-9-2-4-10(5-3-9)11-6-7-12-8-11;1-4-7(5-2)6-3/h3-6,10H,7-8H2,1-2H3;2-5H,6-8H2,1H3;4-6H2,1-3H3. The molecule has 2 saturated heterocycles. The van der Waals surface area contributed by atoms with E-state index in [1.165, 1.54) is 66.7 Å². The van der Waals surface area contributed by atoms with Crippen molar-refractivity contribution in [1.82, 2.24) is 4.90 Å². The summed E-state index contributed by atoms with van der Waals surface area (Å²) in [4.78, 5) is 7.26. The van der Waals surface area contributed by atoms with E-state index in [9.17, 15) is 0 Å². The molecular formula is C27H43N3S2. The molecule has 4 rings (SSSR count). The van der Waals surface area contributed by atoms with Gasteiger partial charge in [0.05, 0.1) is 11.3 Å². The van der Waals surface area contributed by atoms with Crippen molar-refractivity contribution in [2.45, 2.75) is 46.9 Å². The minimum atomic E-state index is 0.641. The minimum Gasteiger partial charge on any atom is -0.361 e. The monoisotopic (exact) mass is 473 g/mol. The lowest BCUT2D eigenvalue weighted by molar-refractivity contribution is 0.321. The lowest BCUT2D eigenvalue weighted by atomic mass is 10.2. The van der Waals surface area contributed by atoms with Gasteiger partial charge in [0.2, 0.25) is 0 Å². The van der Waals surface area contributed by atoms with Gasteiger partial charge in [0.1, 0.15) is 0 Å². The number of rotatable bonds is 5. The molecule has 5 heteroatoms. The molecule has 32 heavy (non-hydrogen) atoms. The molecule has 0 N–H and O–H groups in total. The van der Waals surface area contributed by atoms with Gasteiger partial charge in [-0.3, -0.25) is 0 Å². The van der Waals surface area contributed by atoms with E-state index >= 15 is 0 Å². The fourth-order valence-electron chi connectivity index (χ4n) is 3.71. The van der Waals surface area contributed by atoms with E-state index in [0.717, 1.165) is 5.88 Å². The van der Waals surface area contributed by atoms with Crippen LogP contribution in [0, 0.1) is 13.8 Å². The smallest absolute Gasteiger partial charge is 0.0723 e. The van der Waals surface area contributed by atoms with Gasteiger partial charge in [-0.25, -0.2) is 0 Å². The van der Waals surface area contributed by atoms with Gasteiger partial charge in [-0.05, 0) is 64.7 Å². The number of benzene rings is 2. The molecule has 0 saturated carbocycles. The first-order valence-electron chi connectivity index (χ1n) is 12.0. The summed E-state index contributed by atoms with van der Waals surface area (Å²) in [6.45, 7) is 19.1. The third-order valence-electron chi connectivity index (χ3n) is 5.99. The van der Waals surface area contributed by atoms with Gasteiger partial charge in [-0.2, -0.15) is 0 Å². The lowest BCUT2D eigenvalue weighted by Gasteiger charge is -2.22. The molecule has 2 aliphatic heterocycles. The highest BCUT2D eigenvalue weighted by atomic mass is 32.2. The molecular weight excluding hydrogens is 430 g/mol. The quantitative estimate of drug-likeness (QED) is 0.474. The summed E-state index contributed by atoms with van der Waals surface area (Å²) in [6.07, 6.45) is 0. The van der Waals surface area contributed by atoms with Crippen LogP contribution < -0.4 is 9.80 Å². The van der Waals surface area contributed by atoms with E-state index in [-0.39, 0.29) is 0 Å². The molecule has 3 nitrogen and oxygen atoms in total. The molecule has 0 aliphatic carbocycles. The first-order chi connectivity index (χ1) is 15.5. The molecule has 0 spiro atoms. The molecule has 178 valence electrons. The van der Waals surface area contributed by atoms with E-state index < -0.39 is 0 Å². The first-order valence-corrected chi connectivity index (χ1v) is 14.2. The Balaban J connectivity index is 0.000000179. The zero-order valence-corrected chi connectivity index (χ0v) is 22.6. The summed E-state index contributed by atoms with van der Waals surface area (Å²) >= 11 is 4.04. The van der Waals surface area contributed by atoms with Crippen LogP contribution in [0.15, 0.2) is 48.5 Å². The molecule has 2 aromatic carbocycles. The van der Waals surface area contributed by atoms with Crippen molar-refractivity contribution < 1.29 is 0 Å². The summed E-state index contributed by atoms with van der Waals surface area (Å²) in [5.74, 6) is 3.69. The number of anilines is 2. The van der Waals surface area contributed by atoms with Crippen molar-refractivity contribution in [3.8, 4) is 0 Å². The molecule has 2 aliphatic rings. The summed E-state index contributed by atoms with van der Waals surface area (Å²) < 4.78 is 0. The fraction of sp³-hybridized carbons (Fsp3) is 0.556. The van der Waals surface area contributed by atoms with Crippen LogP contribution in [-0.2, 0) is 0 Å². The Morgan fingerprint density at radius 1 is 0.781 bits per heavy atom. The maximum absolute atomic E-state index is 2.46. The number of nitrogens with zero attached hydrogens (tertiary/aromatic N) is 3. The molecule has 0 aromatic heterocycles. The highest BCUT2D eigenvalue weighted by molar-refractivity contribution is 8.00. The molecule has 0 amide bonds. The summed E-state index contributed by atoms with van der Waals surface area (Å²) in [7, 11) is 0. The molecule has 2 fully saturated rings. The maximum atomic E-state index is 2.46. The van der Waals surface area contributed by atoms with Crippen LogP contribution in [0.5, 0.6) is 0 Å². The Hall–Kier alpha value is -1.30. The number of thioether (sulfide) groups is 2.